The molecular formula is C16H29NO. The average molecular weight is 251 g/mol. The molecule has 0 saturated carbocycles. The highest BCUT2D eigenvalue weighted by molar-refractivity contribution is 5.23. The molecule has 1 aromatic rings. The molecule has 0 saturated heterocycles. The van der Waals surface area contributed by atoms with Crippen molar-refractivity contribution < 1.29 is 4.42 Å². The highest BCUT2D eigenvalue weighted by atomic mass is 16.3. The van der Waals surface area contributed by atoms with Crippen LogP contribution in [-0.4, -0.2) is 0 Å². The Hall–Kier alpha value is -0.760. The van der Waals surface area contributed by atoms with Crippen molar-refractivity contribution in [1.82, 2.24) is 0 Å². The largest absolute Gasteiger partial charge is 0.466 e. The van der Waals surface area contributed by atoms with Crippen molar-refractivity contribution in [3.8, 4) is 0 Å². The molecule has 1 atom stereocenters. The van der Waals surface area contributed by atoms with Gasteiger partial charge in [-0.25, -0.2) is 0 Å². The fourth-order valence-electron chi connectivity index (χ4n) is 2.50. The van der Waals surface area contributed by atoms with Crippen LogP contribution in [0.4, 0.5) is 0 Å². The van der Waals surface area contributed by atoms with Crippen LogP contribution in [0.25, 0.3) is 0 Å². The van der Waals surface area contributed by atoms with Crippen molar-refractivity contribution in [2.24, 2.45) is 5.73 Å². The zero-order valence-corrected chi connectivity index (χ0v) is 12.3. The highest BCUT2D eigenvalue weighted by Gasteiger charge is 2.12. The zero-order chi connectivity index (χ0) is 13.4. The van der Waals surface area contributed by atoms with Crippen LogP contribution in [-0.2, 0) is 0 Å². The minimum atomic E-state index is 0.151. The quantitative estimate of drug-likeness (QED) is 0.625. The average Bonchev–Trinajstić information content (AvgIpc) is 2.67. The Labute approximate surface area is 112 Å². The van der Waals surface area contributed by atoms with E-state index in [1.54, 1.807) is 0 Å². The maximum absolute atomic E-state index is 6.21. The number of hydrogen-bond acceptors (Lipinski definition) is 2. The van der Waals surface area contributed by atoms with E-state index in [1.807, 2.05) is 13.8 Å². The molecule has 2 heteroatoms. The lowest BCUT2D eigenvalue weighted by atomic mass is 10.0. The third kappa shape index (κ3) is 5.26. The number of unbranched alkanes of at least 4 members (excludes halogenated alkanes) is 6. The Morgan fingerprint density at radius 1 is 1.06 bits per heavy atom. The van der Waals surface area contributed by atoms with E-state index in [9.17, 15) is 0 Å². The summed E-state index contributed by atoms with van der Waals surface area (Å²) in [5, 5.41) is 0. The van der Waals surface area contributed by atoms with E-state index < -0.39 is 0 Å². The summed E-state index contributed by atoms with van der Waals surface area (Å²) < 4.78 is 5.53. The number of rotatable bonds is 9. The van der Waals surface area contributed by atoms with Gasteiger partial charge in [0.05, 0.1) is 0 Å². The van der Waals surface area contributed by atoms with Gasteiger partial charge in [0, 0.05) is 11.6 Å². The first-order chi connectivity index (χ1) is 8.65. The lowest BCUT2D eigenvalue weighted by Crippen LogP contribution is -2.10. The summed E-state index contributed by atoms with van der Waals surface area (Å²) in [4.78, 5) is 0. The Morgan fingerprint density at radius 2 is 1.67 bits per heavy atom. The molecule has 1 heterocycles. The number of nitrogens with two attached hydrogens (primary N) is 1. The van der Waals surface area contributed by atoms with Gasteiger partial charge in [0.2, 0.25) is 0 Å². The van der Waals surface area contributed by atoms with E-state index in [2.05, 4.69) is 13.0 Å². The second-order valence-corrected chi connectivity index (χ2v) is 5.39. The molecule has 0 amide bonds. The molecule has 0 aliphatic heterocycles. The van der Waals surface area contributed by atoms with Crippen LogP contribution >= 0.6 is 0 Å². The second kappa shape index (κ2) is 8.36. The number of aryl methyl sites for hydroxylation is 2. The maximum atomic E-state index is 6.21. The van der Waals surface area contributed by atoms with Crippen LogP contribution in [0, 0.1) is 13.8 Å². The summed E-state index contributed by atoms with van der Waals surface area (Å²) in [5.74, 6) is 1.96. The van der Waals surface area contributed by atoms with Crippen LogP contribution in [0.2, 0.25) is 0 Å². The molecule has 1 rings (SSSR count). The first-order valence-electron chi connectivity index (χ1n) is 7.47. The highest BCUT2D eigenvalue weighted by Crippen LogP contribution is 2.24. The van der Waals surface area contributed by atoms with Crippen molar-refractivity contribution in [3.05, 3.63) is 23.2 Å². The molecule has 1 unspecified atom stereocenters. The standard InChI is InChI=1S/C16H29NO/c1-4-5-6-7-8-9-10-11-16(17)15-12-13(2)18-14(15)3/h12,16H,4-11,17H2,1-3H3. The molecule has 2 N–H and O–H groups in total. The van der Waals surface area contributed by atoms with Crippen LogP contribution in [0.1, 0.15) is 81.4 Å². The smallest absolute Gasteiger partial charge is 0.105 e. The SMILES string of the molecule is CCCCCCCCCC(N)c1cc(C)oc1C. The third-order valence-electron chi connectivity index (χ3n) is 3.60. The normalized spacial score (nSPS) is 12.9. The molecule has 2 nitrogen and oxygen atoms in total. The van der Waals surface area contributed by atoms with Crippen molar-refractivity contribution in [1.29, 1.82) is 0 Å². The number of hydrogen-bond donors (Lipinski definition) is 1. The Morgan fingerprint density at radius 3 is 2.22 bits per heavy atom. The lowest BCUT2D eigenvalue weighted by Gasteiger charge is -2.10. The molecule has 0 radical (unpaired) electrons. The Balaban J connectivity index is 2.14. The maximum Gasteiger partial charge on any atom is 0.105 e. The Bertz CT molecular complexity index is 330. The van der Waals surface area contributed by atoms with Crippen LogP contribution < -0.4 is 5.73 Å². The third-order valence-corrected chi connectivity index (χ3v) is 3.60. The van der Waals surface area contributed by atoms with E-state index in [0.717, 1.165) is 17.9 Å². The fraction of sp³-hybridized carbons (Fsp3) is 0.750. The van der Waals surface area contributed by atoms with Gasteiger partial charge in [0.1, 0.15) is 11.5 Å². The predicted molar refractivity (Wildman–Crippen MR) is 77.7 cm³/mol. The van der Waals surface area contributed by atoms with Gasteiger partial charge >= 0.3 is 0 Å². The van der Waals surface area contributed by atoms with Gasteiger partial charge in [0.25, 0.3) is 0 Å². The van der Waals surface area contributed by atoms with Gasteiger partial charge in [-0.05, 0) is 26.3 Å². The van der Waals surface area contributed by atoms with E-state index in [4.69, 9.17) is 10.2 Å². The van der Waals surface area contributed by atoms with E-state index in [-0.39, 0.29) is 6.04 Å². The first-order valence-corrected chi connectivity index (χ1v) is 7.47. The zero-order valence-electron chi connectivity index (χ0n) is 12.3. The molecule has 1 aromatic heterocycles. The van der Waals surface area contributed by atoms with Gasteiger partial charge in [0.15, 0.2) is 0 Å². The van der Waals surface area contributed by atoms with Crippen LogP contribution in [0.5, 0.6) is 0 Å². The topological polar surface area (TPSA) is 39.2 Å². The number of furan rings is 1. The first kappa shape index (κ1) is 15.3. The summed E-state index contributed by atoms with van der Waals surface area (Å²) >= 11 is 0. The minimum Gasteiger partial charge on any atom is -0.466 e. The van der Waals surface area contributed by atoms with Crippen molar-refractivity contribution >= 4 is 0 Å². The summed E-state index contributed by atoms with van der Waals surface area (Å²) in [6, 6.07) is 2.24. The molecular weight excluding hydrogens is 222 g/mol. The summed E-state index contributed by atoms with van der Waals surface area (Å²) in [7, 11) is 0. The van der Waals surface area contributed by atoms with Gasteiger partial charge in [-0.2, -0.15) is 0 Å². The van der Waals surface area contributed by atoms with Gasteiger partial charge in [-0.3, -0.25) is 0 Å². The molecule has 0 aliphatic rings. The van der Waals surface area contributed by atoms with Crippen molar-refractivity contribution in [2.75, 3.05) is 0 Å². The lowest BCUT2D eigenvalue weighted by molar-refractivity contribution is 0.490. The van der Waals surface area contributed by atoms with Gasteiger partial charge < -0.3 is 10.2 Å². The summed E-state index contributed by atoms with van der Waals surface area (Å²) in [5.41, 5.74) is 7.40. The molecule has 0 bridgehead atoms. The van der Waals surface area contributed by atoms with Gasteiger partial charge in [-0.15, -0.1) is 0 Å². The molecule has 0 spiro atoms. The Kier molecular flexibility index (Phi) is 7.11. The van der Waals surface area contributed by atoms with Gasteiger partial charge in [-0.1, -0.05) is 51.9 Å². The van der Waals surface area contributed by atoms with Crippen LogP contribution in [0.3, 0.4) is 0 Å². The van der Waals surface area contributed by atoms with E-state index in [0.29, 0.717) is 0 Å². The predicted octanol–water partition coefficient (Wildman–Crippen LogP) is 5.04. The molecule has 0 fully saturated rings. The van der Waals surface area contributed by atoms with E-state index in [1.165, 1.54) is 50.5 Å². The fourth-order valence-corrected chi connectivity index (χ4v) is 2.50. The minimum absolute atomic E-state index is 0.151. The monoisotopic (exact) mass is 251 g/mol. The molecule has 104 valence electrons. The van der Waals surface area contributed by atoms with Crippen molar-refractivity contribution in [3.63, 3.8) is 0 Å². The molecule has 0 aromatic carbocycles. The summed E-state index contributed by atoms with van der Waals surface area (Å²) in [6.45, 7) is 6.25. The van der Waals surface area contributed by atoms with Crippen molar-refractivity contribution in [2.45, 2.75) is 78.2 Å². The van der Waals surface area contributed by atoms with E-state index >= 15 is 0 Å². The second-order valence-electron chi connectivity index (χ2n) is 5.39. The summed E-state index contributed by atoms with van der Waals surface area (Å²) in [6.07, 6.45) is 10.5. The van der Waals surface area contributed by atoms with Crippen LogP contribution in [0.15, 0.2) is 10.5 Å². The molecule has 18 heavy (non-hydrogen) atoms. The molecule has 0 aliphatic carbocycles.